The summed E-state index contributed by atoms with van der Waals surface area (Å²) in [6, 6.07) is 3.27. The lowest BCUT2D eigenvalue weighted by Crippen LogP contribution is -2.46. The van der Waals surface area contributed by atoms with Gasteiger partial charge in [0, 0.05) is 11.7 Å². The van der Waals surface area contributed by atoms with Crippen LogP contribution in [0.25, 0.3) is 0 Å². The minimum absolute atomic E-state index is 0.102. The van der Waals surface area contributed by atoms with Gasteiger partial charge in [0.2, 0.25) is 0 Å². The van der Waals surface area contributed by atoms with Crippen molar-refractivity contribution in [3.63, 3.8) is 0 Å². The molecule has 1 atom stereocenters. The van der Waals surface area contributed by atoms with E-state index in [-0.39, 0.29) is 22.4 Å². The highest BCUT2D eigenvalue weighted by atomic mass is 35.5. The quantitative estimate of drug-likeness (QED) is 0.801. The van der Waals surface area contributed by atoms with Gasteiger partial charge in [-0.2, -0.15) is 0 Å². The highest BCUT2D eigenvalue weighted by Crippen LogP contribution is 2.36. The average molecular weight is 315 g/mol. The predicted octanol–water partition coefficient (Wildman–Crippen LogP) is 4.27. The fraction of sp³-hybridized carbons (Fsp3) is 0.533. The standard InChI is InChI=1S/C15H20Cl2N2O/c1-15(2)6-4-3-5-12(15)19-14(20)10-7-9(18)8-11(16)13(10)17/h7-8,12H,3-6,18H2,1-2H3,(H,19,20). The van der Waals surface area contributed by atoms with Gasteiger partial charge in [0.25, 0.3) is 5.91 Å². The summed E-state index contributed by atoms with van der Waals surface area (Å²) in [5, 5.41) is 3.64. The fourth-order valence-corrected chi connectivity index (χ4v) is 3.20. The van der Waals surface area contributed by atoms with E-state index >= 15 is 0 Å². The molecule has 1 amide bonds. The number of hydrogen-bond donors (Lipinski definition) is 2. The Kier molecular flexibility index (Phi) is 4.50. The van der Waals surface area contributed by atoms with Crippen molar-refractivity contribution in [3.8, 4) is 0 Å². The second-order valence-electron chi connectivity index (χ2n) is 6.12. The minimum atomic E-state index is -0.204. The molecule has 1 unspecified atom stereocenters. The van der Waals surface area contributed by atoms with E-state index in [9.17, 15) is 4.79 Å². The number of nitrogen functional groups attached to an aromatic ring is 1. The first kappa shape index (κ1) is 15.5. The Morgan fingerprint density at radius 1 is 1.35 bits per heavy atom. The van der Waals surface area contributed by atoms with Gasteiger partial charge in [0.15, 0.2) is 0 Å². The molecule has 1 aliphatic carbocycles. The number of halogens is 2. The second-order valence-corrected chi connectivity index (χ2v) is 6.91. The number of anilines is 1. The number of nitrogens with one attached hydrogen (secondary N) is 1. The predicted molar refractivity (Wildman–Crippen MR) is 84.4 cm³/mol. The van der Waals surface area contributed by atoms with Crippen LogP contribution in [0, 0.1) is 5.41 Å². The van der Waals surface area contributed by atoms with E-state index in [2.05, 4.69) is 19.2 Å². The zero-order valence-corrected chi connectivity index (χ0v) is 13.3. The van der Waals surface area contributed by atoms with Crippen LogP contribution in [-0.2, 0) is 0 Å². The normalized spacial score (nSPS) is 21.5. The van der Waals surface area contributed by atoms with Gasteiger partial charge in [-0.15, -0.1) is 0 Å². The lowest BCUT2D eigenvalue weighted by atomic mass is 9.73. The summed E-state index contributed by atoms with van der Waals surface area (Å²) in [5.41, 5.74) is 6.61. The van der Waals surface area contributed by atoms with Crippen LogP contribution in [0.1, 0.15) is 49.9 Å². The first-order valence-corrected chi connectivity index (χ1v) is 7.62. The maximum absolute atomic E-state index is 12.4. The highest BCUT2D eigenvalue weighted by molar-refractivity contribution is 6.44. The Labute approximate surface area is 129 Å². The molecule has 3 N–H and O–H groups in total. The van der Waals surface area contributed by atoms with Gasteiger partial charge in [0.1, 0.15) is 0 Å². The summed E-state index contributed by atoms with van der Waals surface area (Å²) < 4.78 is 0. The van der Waals surface area contributed by atoms with Crippen molar-refractivity contribution in [3.05, 3.63) is 27.7 Å². The number of carbonyl (C=O) groups is 1. The van der Waals surface area contributed by atoms with E-state index in [0.29, 0.717) is 16.3 Å². The van der Waals surface area contributed by atoms with Crippen molar-refractivity contribution in [1.29, 1.82) is 0 Å². The molecule has 5 heteroatoms. The monoisotopic (exact) mass is 314 g/mol. The van der Waals surface area contributed by atoms with Crippen LogP contribution in [0.5, 0.6) is 0 Å². The summed E-state index contributed by atoms with van der Waals surface area (Å²) in [5.74, 6) is -0.204. The summed E-state index contributed by atoms with van der Waals surface area (Å²) in [6.45, 7) is 4.37. The van der Waals surface area contributed by atoms with Crippen LogP contribution in [-0.4, -0.2) is 11.9 Å². The zero-order chi connectivity index (χ0) is 14.9. The van der Waals surface area contributed by atoms with Crippen LogP contribution in [0.4, 0.5) is 5.69 Å². The maximum Gasteiger partial charge on any atom is 0.253 e. The summed E-state index contributed by atoms with van der Waals surface area (Å²) in [7, 11) is 0. The molecule has 0 heterocycles. The molecule has 0 aliphatic heterocycles. The molecule has 0 bridgehead atoms. The van der Waals surface area contributed by atoms with Crippen LogP contribution in [0.3, 0.4) is 0 Å². The Bertz CT molecular complexity index is 529. The van der Waals surface area contributed by atoms with Crippen LogP contribution >= 0.6 is 23.2 Å². The molecule has 20 heavy (non-hydrogen) atoms. The van der Waals surface area contributed by atoms with E-state index in [1.54, 1.807) is 12.1 Å². The molecule has 1 saturated carbocycles. The Balaban J connectivity index is 2.20. The molecule has 1 fully saturated rings. The molecule has 2 rings (SSSR count). The van der Waals surface area contributed by atoms with E-state index in [0.717, 1.165) is 19.3 Å². The lowest BCUT2D eigenvalue weighted by Gasteiger charge is -2.39. The van der Waals surface area contributed by atoms with Gasteiger partial charge in [0.05, 0.1) is 15.6 Å². The number of rotatable bonds is 2. The maximum atomic E-state index is 12.4. The second kappa shape index (κ2) is 5.82. The first-order valence-electron chi connectivity index (χ1n) is 6.86. The topological polar surface area (TPSA) is 55.1 Å². The highest BCUT2D eigenvalue weighted by Gasteiger charge is 2.33. The van der Waals surface area contributed by atoms with Crippen molar-refractivity contribution in [1.82, 2.24) is 5.32 Å². The van der Waals surface area contributed by atoms with Crippen molar-refractivity contribution < 1.29 is 4.79 Å². The number of carbonyl (C=O) groups excluding carboxylic acids is 1. The SMILES string of the molecule is CC1(C)CCCCC1NC(=O)c1cc(N)cc(Cl)c1Cl. The smallest absolute Gasteiger partial charge is 0.253 e. The van der Waals surface area contributed by atoms with Gasteiger partial charge in [-0.3, -0.25) is 4.79 Å². The van der Waals surface area contributed by atoms with Crippen molar-refractivity contribution in [2.45, 2.75) is 45.6 Å². The van der Waals surface area contributed by atoms with Gasteiger partial charge in [-0.1, -0.05) is 49.9 Å². The third-order valence-electron chi connectivity index (χ3n) is 4.11. The van der Waals surface area contributed by atoms with Crippen molar-refractivity contribution >= 4 is 34.8 Å². The number of hydrogen-bond acceptors (Lipinski definition) is 2. The molecule has 110 valence electrons. The number of nitrogens with two attached hydrogens (primary N) is 1. The third-order valence-corrected chi connectivity index (χ3v) is 4.91. The minimum Gasteiger partial charge on any atom is -0.399 e. The molecular formula is C15H20Cl2N2O. The molecule has 1 aliphatic rings. The fourth-order valence-electron chi connectivity index (χ4n) is 2.77. The van der Waals surface area contributed by atoms with E-state index in [1.807, 2.05) is 0 Å². The van der Waals surface area contributed by atoms with Gasteiger partial charge >= 0.3 is 0 Å². The Morgan fingerprint density at radius 2 is 2.05 bits per heavy atom. The molecule has 0 saturated heterocycles. The summed E-state index contributed by atoms with van der Waals surface area (Å²) in [6.07, 6.45) is 4.46. The molecule has 0 aromatic heterocycles. The molecule has 1 aromatic carbocycles. The Hall–Kier alpha value is -0.930. The van der Waals surface area contributed by atoms with Crippen molar-refractivity contribution in [2.75, 3.05) is 5.73 Å². The average Bonchev–Trinajstić information content (AvgIpc) is 2.36. The molecule has 0 radical (unpaired) electrons. The van der Waals surface area contributed by atoms with Gasteiger partial charge in [-0.05, 0) is 30.4 Å². The number of benzene rings is 1. The molecule has 3 nitrogen and oxygen atoms in total. The van der Waals surface area contributed by atoms with E-state index in [1.165, 1.54) is 6.42 Å². The van der Waals surface area contributed by atoms with Crippen LogP contribution in [0.15, 0.2) is 12.1 Å². The lowest BCUT2D eigenvalue weighted by molar-refractivity contribution is 0.0853. The summed E-state index contributed by atoms with van der Waals surface area (Å²) in [4.78, 5) is 12.4. The van der Waals surface area contributed by atoms with Gasteiger partial charge < -0.3 is 11.1 Å². The number of amides is 1. The van der Waals surface area contributed by atoms with Gasteiger partial charge in [-0.25, -0.2) is 0 Å². The molecular weight excluding hydrogens is 295 g/mol. The van der Waals surface area contributed by atoms with Crippen LogP contribution < -0.4 is 11.1 Å². The summed E-state index contributed by atoms with van der Waals surface area (Å²) >= 11 is 12.1. The largest absolute Gasteiger partial charge is 0.399 e. The van der Waals surface area contributed by atoms with E-state index < -0.39 is 0 Å². The zero-order valence-electron chi connectivity index (χ0n) is 11.8. The Morgan fingerprint density at radius 3 is 2.70 bits per heavy atom. The molecule has 1 aromatic rings. The first-order chi connectivity index (χ1) is 9.31. The third kappa shape index (κ3) is 3.21. The molecule has 0 spiro atoms. The van der Waals surface area contributed by atoms with Crippen LogP contribution in [0.2, 0.25) is 10.0 Å². The van der Waals surface area contributed by atoms with Crippen molar-refractivity contribution in [2.24, 2.45) is 5.41 Å². The van der Waals surface area contributed by atoms with E-state index in [4.69, 9.17) is 28.9 Å².